The molecule has 1 aliphatic rings. The number of nitrogens with two attached hydrogens (primary N) is 1. The molecule has 1 aromatic heterocycles. The van der Waals surface area contributed by atoms with E-state index in [1.165, 1.54) is 0 Å². The monoisotopic (exact) mass is 283 g/mol. The van der Waals surface area contributed by atoms with Crippen LogP contribution in [0.5, 0.6) is 0 Å². The van der Waals surface area contributed by atoms with Gasteiger partial charge in [0, 0.05) is 18.6 Å². The van der Waals surface area contributed by atoms with E-state index >= 15 is 0 Å². The Morgan fingerprint density at radius 2 is 2.32 bits per heavy atom. The highest BCUT2D eigenvalue weighted by Crippen LogP contribution is 2.30. The number of aliphatic hydroxyl groups excluding tert-OH is 1. The van der Waals surface area contributed by atoms with Crippen molar-refractivity contribution in [3.8, 4) is 0 Å². The van der Waals surface area contributed by atoms with Crippen molar-refractivity contribution in [1.82, 2.24) is 9.97 Å². The number of halogens is 1. The standard InChI is InChI=1S/C11H14ClN5O2/c12-9-8(14-5-19)10(17-11(13)16-9)15-7-2-1-6(3-7)4-18/h1-2,5-7,18H,3-4H2,(H,14,19)(H3,13,15,16,17). The van der Waals surface area contributed by atoms with Gasteiger partial charge < -0.3 is 21.5 Å². The number of hydrogen-bond donors (Lipinski definition) is 4. The molecule has 2 atom stereocenters. The molecule has 0 radical (unpaired) electrons. The first-order chi connectivity index (χ1) is 9.13. The normalized spacial score (nSPS) is 21.4. The van der Waals surface area contributed by atoms with E-state index in [4.69, 9.17) is 22.4 Å². The van der Waals surface area contributed by atoms with Gasteiger partial charge in [0.2, 0.25) is 12.4 Å². The van der Waals surface area contributed by atoms with E-state index in [1.54, 1.807) is 0 Å². The average molecular weight is 284 g/mol. The molecule has 0 spiro atoms. The molecule has 0 saturated heterocycles. The third-order valence-corrected chi connectivity index (χ3v) is 3.09. The molecule has 0 saturated carbocycles. The number of aliphatic hydroxyl groups is 1. The molecular formula is C11H14ClN5O2. The van der Waals surface area contributed by atoms with Crippen LogP contribution in [0.25, 0.3) is 0 Å². The van der Waals surface area contributed by atoms with E-state index in [9.17, 15) is 4.79 Å². The topological polar surface area (TPSA) is 113 Å². The first-order valence-corrected chi connectivity index (χ1v) is 6.10. The smallest absolute Gasteiger partial charge is 0.223 e. The number of hydrogen-bond acceptors (Lipinski definition) is 6. The Hall–Kier alpha value is -1.86. The van der Waals surface area contributed by atoms with E-state index in [2.05, 4.69) is 20.6 Å². The van der Waals surface area contributed by atoms with E-state index in [1.807, 2.05) is 12.2 Å². The van der Waals surface area contributed by atoms with Crippen molar-refractivity contribution in [2.45, 2.75) is 12.5 Å². The van der Waals surface area contributed by atoms with Crippen molar-refractivity contribution in [3.05, 3.63) is 17.3 Å². The van der Waals surface area contributed by atoms with Crippen LogP contribution in [-0.4, -0.2) is 34.1 Å². The minimum Gasteiger partial charge on any atom is -0.396 e. The fourth-order valence-electron chi connectivity index (χ4n) is 1.93. The lowest BCUT2D eigenvalue weighted by atomic mass is 10.1. The molecule has 0 aromatic carbocycles. The molecule has 8 heteroatoms. The summed E-state index contributed by atoms with van der Waals surface area (Å²) in [7, 11) is 0. The van der Waals surface area contributed by atoms with Crippen LogP contribution in [0.4, 0.5) is 17.5 Å². The van der Waals surface area contributed by atoms with Crippen LogP contribution < -0.4 is 16.4 Å². The molecule has 19 heavy (non-hydrogen) atoms. The van der Waals surface area contributed by atoms with Crippen molar-refractivity contribution in [2.24, 2.45) is 5.92 Å². The lowest BCUT2D eigenvalue weighted by molar-refractivity contribution is -0.105. The summed E-state index contributed by atoms with van der Waals surface area (Å²) in [5, 5.41) is 14.7. The van der Waals surface area contributed by atoms with Gasteiger partial charge in [-0.25, -0.2) is 0 Å². The fourth-order valence-corrected chi connectivity index (χ4v) is 2.16. The predicted octanol–water partition coefficient (Wildman–Crippen LogP) is 0.629. The van der Waals surface area contributed by atoms with Crippen LogP contribution in [0.15, 0.2) is 12.2 Å². The first kappa shape index (κ1) is 13.6. The summed E-state index contributed by atoms with van der Waals surface area (Å²) in [4.78, 5) is 18.4. The van der Waals surface area contributed by atoms with Crippen molar-refractivity contribution < 1.29 is 9.90 Å². The Balaban J connectivity index is 2.19. The second kappa shape index (κ2) is 5.85. The number of aromatic nitrogens is 2. The molecular weight excluding hydrogens is 270 g/mol. The summed E-state index contributed by atoms with van der Waals surface area (Å²) in [6.45, 7) is 0.0980. The summed E-state index contributed by atoms with van der Waals surface area (Å²) in [5.74, 6) is 0.497. The number of amides is 1. The quantitative estimate of drug-likeness (QED) is 0.358. The van der Waals surface area contributed by atoms with Gasteiger partial charge in [-0.15, -0.1) is 0 Å². The maximum absolute atomic E-state index is 10.6. The van der Waals surface area contributed by atoms with Gasteiger partial charge in [0.05, 0.1) is 0 Å². The van der Waals surface area contributed by atoms with Crippen LogP contribution in [0.3, 0.4) is 0 Å². The minimum absolute atomic E-state index is 0.00489. The van der Waals surface area contributed by atoms with Gasteiger partial charge in [0.25, 0.3) is 0 Å². The van der Waals surface area contributed by atoms with Crippen LogP contribution >= 0.6 is 11.6 Å². The summed E-state index contributed by atoms with van der Waals surface area (Å²) in [6, 6.07) is -0.00489. The highest BCUT2D eigenvalue weighted by molar-refractivity contribution is 6.33. The Kier molecular flexibility index (Phi) is 4.18. The van der Waals surface area contributed by atoms with Crippen molar-refractivity contribution in [3.63, 3.8) is 0 Å². The minimum atomic E-state index is -0.00489. The molecule has 1 aromatic rings. The van der Waals surface area contributed by atoms with E-state index < -0.39 is 0 Å². The number of nitrogens with one attached hydrogen (secondary N) is 2. The van der Waals surface area contributed by atoms with Gasteiger partial charge in [-0.2, -0.15) is 9.97 Å². The third-order valence-electron chi connectivity index (χ3n) is 2.81. The van der Waals surface area contributed by atoms with Crippen LogP contribution in [0, 0.1) is 5.92 Å². The predicted molar refractivity (Wildman–Crippen MR) is 72.9 cm³/mol. The molecule has 0 fully saturated rings. The number of nitrogen functional groups attached to an aromatic ring is 1. The third kappa shape index (κ3) is 3.12. The van der Waals surface area contributed by atoms with Crippen molar-refractivity contribution in [2.75, 3.05) is 23.0 Å². The highest BCUT2D eigenvalue weighted by atomic mass is 35.5. The zero-order valence-electron chi connectivity index (χ0n) is 10.0. The number of nitrogens with zero attached hydrogens (tertiary/aromatic N) is 2. The number of rotatable bonds is 5. The molecule has 0 bridgehead atoms. The summed E-state index contributed by atoms with van der Waals surface area (Å²) in [5.41, 5.74) is 5.82. The number of carbonyl (C=O) groups is 1. The van der Waals surface area contributed by atoms with Crippen LogP contribution in [0.2, 0.25) is 5.15 Å². The average Bonchev–Trinajstić information content (AvgIpc) is 2.81. The van der Waals surface area contributed by atoms with Gasteiger partial charge >= 0.3 is 0 Å². The molecule has 5 N–H and O–H groups in total. The van der Waals surface area contributed by atoms with Gasteiger partial charge in [0.15, 0.2) is 11.0 Å². The van der Waals surface area contributed by atoms with E-state index in [-0.39, 0.29) is 35.4 Å². The molecule has 1 aliphatic carbocycles. The summed E-state index contributed by atoms with van der Waals surface area (Å²) < 4.78 is 0. The van der Waals surface area contributed by atoms with Crippen molar-refractivity contribution >= 4 is 35.5 Å². The zero-order chi connectivity index (χ0) is 13.8. The molecule has 102 valence electrons. The molecule has 1 heterocycles. The van der Waals surface area contributed by atoms with E-state index in [0.717, 1.165) is 6.42 Å². The fraction of sp³-hybridized carbons (Fsp3) is 0.364. The van der Waals surface area contributed by atoms with Crippen molar-refractivity contribution in [1.29, 1.82) is 0 Å². The largest absolute Gasteiger partial charge is 0.396 e. The zero-order valence-corrected chi connectivity index (χ0v) is 10.8. The maximum Gasteiger partial charge on any atom is 0.223 e. The Morgan fingerprint density at radius 3 is 2.95 bits per heavy atom. The molecule has 2 rings (SSSR count). The van der Waals surface area contributed by atoms with Gasteiger partial charge in [-0.05, 0) is 6.42 Å². The van der Waals surface area contributed by atoms with Gasteiger partial charge in [-0.1, -0.05) is 23.8 Å². The lowest BCUT2D eigenvalue weighted by Crippen LogP contribution is -2.19. The second-order valence-electron chi connectivity index (χ2n) is 4.17. The number of anilines is 3. The maximum atomic E-state index is 10.6. The van der Waals surface area contributed by atoms with Crippen LogP contribution in [-0.2, 0) is 4.79 Å². The SMILES string of the molecule is Nc1nc(Cl)c(NC=O)c(NC2C=CC(CO)C2)n1. The van der Waals surface area contributed by atoms with Gasteiger partial charge in [0.1, 0.15) is 5.69 Å². The van der Waals surface area contributed by atoms with Crippen LogP contribution in [0.1, 0.15) is 6.42 Å². The Morgan fingerprint density at radius 1 is 1.53 bits per heavy atom. The molecule has 2 unspecified atom stereocenters. The number of carbonyl (C=O) groups excluding carboxylic acids is 1. The highest BCUT2D eigenvalue weighted by Gasteiger charge is 2.20. The lowest BCUT2D eigenvalue weighted by Gasteiger charge is -2.16. The molecule has 1 amide bonds. The van der Waals surface area contributed by atoms with E-state index in [0.29, 0.717) is 12.2 Å². The summed E-state index contributed by atoms with van der Waals surface area (Å²) >= 11 is 5.90. The summed E-state index contributed by atoms with van der Waals surface area (Å²) in [6.07, 6.45) is 5.08. The Bertz CT molecular complexity index is 508. The first-order valence-electron chi connectivity index (χ1n) is 5.73. The Labute approximate surface area is 114 Å². The molecule has 0 aliphatic heterocycles. The second-order valence-corrected chi connectivity index (χ2v) is 4.53. The van der Waals surface area contributed by atoms with Gasteiger partial charge in [-0.3, -0.25) is 4.79 Å². The molecule has 7 nitrogen and oxygen atoms in total.